The summed E-state index contributed by atoms with van der Waals surface area (Å²) in [7, 11) is 0. The summed E-state index contributed by atoms with van der Waals surface area (Å²) in [4.78, 5) is 15.2. The van der Waals surface area contributed by atoms with E-state index < -0.39 is 0 Å². The summed E-state index contributed by atoms with van der Waals surface area (Å²) in [5.74, 6) is 0.688. The third kappa shape index (κ3) is 3.84. The van der Waals surface area contributed by atoms with Crippen LogP contribution in [0.3, 0.4) is 0 Å². The van der Waals surface area contributed by atoms with E-state index in [4.69, 9.17) is 0 Å². The number of nitrogens with zero attached hydrogens (tertiary/aromatic N) is 8. The van der Waals surface area contributed by atoms with Crippen LogP contribution in [0.4, 0.5) is 5.95 Å². The molecule has 1 saturated heterocycles. The molecular formula is C22H25N9O. The molecule has 164 valence electrons. The molecule has 1 atom stereocenters. The summed E-state index contributed by atoms with van der Waals surface area (Å²) < 4.78 is 1.64. The lowest BCUT2D eigenvalue weighted by molar-refractivity contribution is 0.252. The van der Waals surface area contributed by atoms with Gasteiger partial charge in [-0.25, -0.2) is 14.5 Å². The van der Waals surface area contributed by atoms with Crippen LogP contribution in [0.5, 0.6) is 5.75 Å². The van der Waals surface area contributed by atoms with Crippen LogP contribution < -0.4 is 10.2 Å². The van der Waals surface area contributed by atoms with E-state index in [1.54, 1.807) is 35.2 Å². The van der Waals surface area contributed by atoms with Gasteiger partial charge in [0.05, 0.1) is 24.3 Å². The first-order chi connectivity index (χ1) is 15.4. The summed E-state index contributed by atoms with van der Waals surface area (Å²) in [6.45, 7) is 9.21. The molecule has 0 amide bonds. The molecule has 3 aromatic heterocycles. The van der Waals surface area contributed by atoms with Gasteiger partial charge in [0, 0.05) is 36.8 Å². The van der Waals surface area contributed by atoms with Gasteiger partial charge >= 0.3 is 0 Å². The quantitative estimate of drug-likeness (QED) is 0.503. The van der Waals surface area contributed by atoms with Crippen molar-refractivity contribution >= 4 is 11.6 Å². The smallest absolute Gasteiger partial charge is 0.245 e. The number of piperazine rings is 1. The Balaban J connectivity index is 1.37. The lowest BCUT2D eigenvalue weighted by Crippen LogP contribution is -2.56. The zero-order chi connectivity index (χ0) is 22.3. The molecule has 10 nitrogen and oxygen atoms in total. The van der Waals surface area contributed by atoms with Gasteiger partial charge in [0.2, 0.25) is 5.95 Å². The first-order valence-corrected chi connectivity index (χ1v) is 10.6. The Labute approximate surface area is 185 Å². The molecule has 0 aliphatic carbocycles. The van der Waals surface area contributed by atoms with Crippen LogP contribution in [-0.2, 0) is 0 Å². The molecule has 0 spiro atoms. The van der Waals surface area contributed by atoms with Gasteiger partial charge < -0.3 is 15.3 Å². The van der Waals surface area contributed by atoms with Crippen LogP contribution in [0.2, 0.25) is 0 Å². The number of phenols is 1. The van der Waals surface area contributed by atoms with Gasteiger partial charge in [-0.05, 0) is 17.5 Å². The minimum Gasteiger partial charge on any atom is -0.507 e. The van der Waals surface area contributed by atoms with Gasteiger partial charge in [-0.3, -0.25) is 4.98 Å². The highest BCUT2D eigenvalue weighted by molar-refractivity contribution is 5.72. The van der Waals surface area contributed by atoms with E-state index in [2.05, 4.69) is 61.2 Å². The summed E-state index contributed by atoms with van der Waals surface area (Å²) in [6, 6.07) is 5.67. The molecule has 1 unspecified atom stereocenters. The molecule has 4 aromatic rings. The number of anilines is 1. The van der Waals surface area contributed by atoms with Crippen molar-refractivity contribution in [1.29, 1.82) is 0 Å². The van der Waals surface area contributed by atoms with Gasteiger partial charge in [0.25, 0.3) is 0 Å². The number of nitrogens with one attached hydrogen (secondary N) is 1. The highest BCUT2D eigenvalue weighted by Gasteiger charge is 2.30. The average molecular weight is 432 g/mol. The number of benzene rings is 1. The van der Waals surface area contributed by atoms with Crippen LogP contribution >= 0.6 is 0 Å². The maximum Gasteiger partial charge on any atom is 0.245 e. The molecular weight excluding hydrogens is 406 g/mol. The Morgan fingerprint density at radius 2 is 1.94 bits per heavy atom. The number of aromatic nitrogens is 7. The third-order valence-corrected chi connectivity index (χ3v) is 5.79. The zero-order valence-corrected chi connectivity index (χ0v) is 18.3. The lowest BCUT2D eigenvalue weighted by Gasteiger charge is -2.40. The largest absolute Gasteiger partial charge is 0.507 e. The number of fused-ring (bicyclic) bond motifs is 1. The van der Waals surface area contributed by atoms with Crippen molar-refractivity contribution in [2.75, 3.05) is 24.5 Å². The van der Waals surface area contributed by atoms with Crippen molar-refractivity contribution in [2.45, 2.75) is 26.8 Å². The standard InChI is InChI=1S/C22H25N9O/c1-22(2,3)19-12-30(7-6-23-19)21-25-9-16(28-29-21)15-5-4-14(8-18(15)32)17-11-31-20(10-24-17)26-13-27-31/h4-5,8-11,13,19,23,32H,6-7,12H2,1-3H3. The molecule has 1 aromatic carbocycles. The third-order valence-electron chi connectivity index (χ3n) is 5.79. The number of phenolic OH excluding ortho intramolecular Hbond substituents is 1. The van der Waals surface area contributed by atoms with Gasteiger partial charge in [-0.15, -0.1) is 10.2 Å². The average Bonchev–Trinajstić information content (AvgIpc) is 3.27. The Hall–Kier alpha value is -3.66. The van der Waals surface area contributed by atoms with E-state index in [0.717, 1.165) is 25.2 Å². The minimum absolute atomic E-state index is 0.0850. The Morgan fingerprint density at radius 1 is 1.06 bits per heavy atom. The molecule has 1 aliphatic heterocycles. The van der Waals surface area contributed by atoms with Crippen molar-refractivity contribution in [2.24, 2.45) is 5.41 Å². The molecule has 32 heavy (non-hydrogen) atoms. The van der Waals surface area contributed by atoms with Crippen molar-refractivity contribution < 1.29 is 5.11 Å². The van der Waals surface area contributed by atoms with E-state index in [1.807, 2.05) is 6.07 Å². The maximum atomic E-state index is 10.6. The molecule has 1 aliphatic rings. The SMILES string of the molecule is CC(C)(C)C1CN(c2ncc(-c3ccc(-c4cn5ncnc5cn4)cc3O)nn2)CCN1. The fraction of sp³-hybridized carbons (Fsp3) is 0.364. The molecule has 0 bridgehead atoms. The zero-order valence-electron chi connectivity index (χ0n) is 18.3. The van der Waals surface area contributed by atoms with Gasteiger partial charge in [-0.2, -0.15) is 5.10 Å². The maximum absolute atomic E-state index is 10.6. The Morgan fingerprint density at radius 3 is 2.69 bits per heavy atom. The highest BCUT2D eigenvalue weighted by Crippen LogP contribution is 2.32. The van der Waals surface area contributed by atoms with E-state index in [9.17, 15) is 5.11 Å². The van der Waals surface area contributed by atoms with E-state index >= 15 is 0 Å². The molecule has 10 heteroatoms. The van der Waals surface area contributed by atoms with Crippen LogP contribution in [0.25, 0.3) is 28.2 Å². The molecule has 1 fully saturated rings. The van der Waals surface area contributed by atoms with Crippen molar-refractivity contribution in [1.82, 2.24) is 40.1 Å². The second-order valence-electron chi connectivity index (χ2n) is 9.03. The molecule has 4 heterocycles. The summed E-state index contributed by atoms with van der Waals surface area (Å²) >= 11 is 0. The van der Waals surface area contributed by atoms with Crippen LogP contribution in [0, 0.1) is 5.41 Å². The summed E-state index contributed by atoms with van der Waals surface area (Å²) in [5, 5.41) is 27.0. The normalized spacial score (nSPS) is 17.1. The highest BCUT2D eigenvalue weighted by atomic mass is 16.3. The first kappa shape index (κ1) is 20.3. The second-order valence-corrected chi connectivity index (χ2v) is 9.03. The minimum atomic E-state index is 0.0850. The predicted octanol–water partition coefficient (Wildman–Crippen LogP) is 2.17. The molecule has 0 saturated carbocycles. The summed E-state index contributed by atoms with van der Waals surface area (Å²) in [5.41, 5.74) is 3.32. The second kappa shape index (κ2) is 7.79. The number of hydrogen-bond donors (Lipinski definition) is 2. The van der Waals surface area contributed by atoms with Crippen LogP contribution in [0.15, 0.2) is 43.1 Å². The fourth-order valence-electron chi connectivity index (χ4n) is 3.83. The van der Waals surface area contributed by atoms with E-state index in [1.165, 1.54) is 6.33 Å². The van der Waals surface area contributed by atoms with E-state index in [0.29, 0.717) is 34.6 Å². The molecule has 2 N–H and O–H groups in total. The van der Waals surface area contributed by atoms with Crippen LogP contribution in [0.1, 0.15) is 20.8 Å². The summed E-state index contributed by atoms with van der Waals surface area (Å²) in [6.07, 6.45) is 6.54. The van der Waals surface area contributed by atoms with Crippen molar-refractivity contribution in [3.05, 3.63) is 43.1 Å². The monoisotopic (exact) mass is 431 g/mol. The van der Waals surface area contributed by atoms with Crippen molar-refractivity contribution in [3.63, 3.8) is 0 Å². The number of aromatic hydroxyl groups is 1. The Kier molecular flexibility index (Phi) is 4.93. The Bertz CT molecular complexity index is 1250. The predicted molar refractivity (Wildman–Crippen MR) is 120 cm³/mol. The van der Waals surface area contributed by atoms with Crippen molar-refractivity contribution in [3.8, 4) is 28.3 Å². The van der Waals surface area contributed by atoms with Gasteiger partial charge in [-0.1, -0.05) is 26.8 Å². The van der Waals surface area contributed by atoms with E-state index in [-0.39, 0.29) is 11.2 Å². The number of hydrogen-bond acceptors (Lipinski definition) is 9. The fourth-order valence-corrected chi connectivity index (χ4v) is 3.83. The van der Waals surface area contributed by atoms with Gasteiger partial charge in [0.1, 0.15) is 17.8 Å². The molecule has 0 radical (unpaired) electrons. The first-order valence-electron chi connectivity index (χ1n) is 10.6. The van der Waals surface area contributed by atoms with Crippen LogP contribution in [-0.4, -0.2) is 65.5 Å². The van der Waals surface area contributed by atoms with Gasteiger partial charge in [0.15, 0.2) is 5.65 Å². The lowest BCUT2D eigenvalue weighted by atomic mass is 9.85. The molecule has 5 rings (SSSR count). The number of rotatable bonds is 3. The topological polar surface area (TPSA) is 117 Å².